The van der Waals surface area contributed by atoms with E-state index in [1.165, 1.54) is 193 Å². The number of unbranched alkanes of at least 4 members (excludes halogenated alkanes) is 33. The fourth-order valence-corrected chi connectivity index (χ4v) is 8.22. The van der Waals surface area contributed by atoms with Gasteiger partial charge in [0.05, 0.1) is 6.61 Å². The number of hydrogen-bond acceptors (Lipinski definition) is 5. The summed E-state index contributed by atoms with van der Waals surface area (Å²) in [6.07, 6.45) is 68.6. The lowest BCUT2D eigenvalue weighted by molar-refractivity contribution is -0.163. The quantitative estimate of drug-likeness (QED) is 0.0346. The Balaban J connectivity index is 4.27. The van der Waals surface area contributed by atoms with Gasteiger partial charge in [-0.2, -0.15) is 0 Å². The summed E-state index contributed by atoms with van der Waals surface area (Å²) in [5.74, 6) is -0.409. The van der Waals surface area contributed by atoms with Gasteiger partial charge >= 0.3 is 11.9 Å². The highest BCUT2D eigenvalue weighted by Gasteiger charge is 2.17. The topological polar surface area (TPSA) is 61.8 Å². The molecular formula is C59H108O5. The molecule has 0 aromatic carbocycles. The molecule has 5 heteroatoms. The normalized spacial score (nSPS) is 12.5. The van der Waals surface area contributed by atoms with E-state index >= 15 is 0 Å². The molecule has 0 aliphatic rings. The summed E-state index contributed by atoms with van der Waals surface area (Å²) >= 11 is 0. The van der Waals surface area contributed by atoms with Crippen molar-refractivity contribution in [3.63, 3.8) is 0 Å². The molecule has 5 nitrogen and oxygen atoms in total. The predicted octanol–water partition coefficient (Wildman–Crippen LogP) is 19.1. The largest absolute Gasteiger partial charge is 0.462 e. The van der Waals surface area contributed by atoms with Gasteiger partial charge in [-0.3, -0.25) is 9.59 Å². The van der Waals surface area contributed by atoms with Crippen LogP contribution in [0, 0.1) is 0 Å². The van der Waals surface area contributed by atoms with Crippen molar-refractivity contribution in [1.29, 1.82) is 0 Å². The Morgan fingerprint density at radius 2 is 0.688 bits per heavy atom. The van der Waals surface area contributed by atoms with E-state index in [9.17, 15) is 9.59 Å². The van der Waals surface area contributed by atoms with Gasteiger partial charge in [-0.25, -0.2) is 0 Å². The standard InChI is InChI=1S/C59H108O5/c1-4-7-10-13-16-19-22-25-28-30-32-34-37-40-43-46-49-52-58(60)63-56-57(55-62-54-51-48-45-42-39-36-27-24-21-18-15-12-9-6-3)64-59(61)53-50-47-44-41-38-35-33-31-29-26-23-20-17-14-11-8-5-2/h9,12,18,21,27,36,42,45,57H,4-8,10-11,13-17,19-20,22-26,28-35,37-41,43-44,46-56H2,1-3H3/b12-9-,21-18-,36-27-,45-42-. The molecule has 0 amide bonds. The maximum Gasteiger partial charge on any atom is 0.306 e. The Hall–Kier alpha value is -2.14. The minimum absolute atomic E-state index is 0.0689. The number of esters is 2. The summed E-state index contributed by atoms with van der Waals surface area (Å²) in [4.78, 5) is 25.5. The lowest BCUT2D eigenvalue weighted by Gasteiger charge is -2.18. The second-order valence-electron chi connectivity index (χ2n) is 18.8. The molecule has 64 heavy (non-hydrogen) atoms. The molecule has 0 aromatic rings. The summed E-state index contributed by atoms with van der Waals surface area (Å²) in [5, 5.41) is 0. The summed E-state index contributed by atoms with van der Waals surface area (Å²) < 4.78 is 17.4. The molecule has 0 aromatic heterocycles. The smallest absolute Gasteiger partial charge is 0.306 e. The predicted molar refractivity (Wildman–Crippen MR) is 279 cm³/mol. The molecule has 0 bridgehead atoms. The Morgan fingerprint density at radius 1 is 0.359 bits per heavy atom. The van der Waals surface area contributed by atoms with Gasteiger partial charge in [-0.1, -0.05) is 275 Å². The van der Waals surface area contributed by atoms with Crippen molar-refractivity contribution < 1.29 is 23.8 Å². The Kier molecular flexibility index (Phi) is 53.3. The molecule has 0 saturated heterocycles. The molecule has 0 heterocycles. The van der Waals surface area contributed by atoms with E-state index in [2.05, 4.69) is 69.4 Å². The number of ether oxygens (including phenoxy) is 3. The zero-order valence-corrected chi connectivity index (χ0v) is 43.1. The molecule has 0 saturated carbocycles. The molecule has 374 valence electrons. The fraction of sp³-hybridized carbons (Fsp3) is 0.831. The van der Waals surface area contributed by atoms with Crippen LogP contribution in [0.4, 0.5) is 0 Å². The van der Waals surface area contributed by atoms with E-state index in [1.54, 1.807) is 0 Å². The molecular weight excluding hydrogens is 789 g/mol. The highest BCUT2D eigenvalue weighted by Crippen LogP contribution is 2.17. The van der Waals surface area contributed by atoms with Crippen LogP contribution in [0.5, 0.6) is 0 Å². The average Bonchev–Trinajstić information content (AvgIpc) is 3.30. The minimum Gasteiger partial charge on any atom is -0.462 e. The van der Waals surface area contributed by atoms with Crippen LogP contribution in [-0.2, 0) is 23.8 Å². The van der Waals surface area contributed by atoms with Crippen molar-refractivity contribution in [1.82, 2.24) is 0 Å². The lowest BCUT2D eigenvalue weighted by atomic mass is 10.0. The zero-order valence-electron chi connectivity index (χ0n) is 43.1. The van der Waals surface area contributed by atoms with E-state index < -0.39 is 6.10 Å². The van der Waals surface area contributed by atoms with Gasteiger partial charge < -0.3 is 14.2 Å². The van der Waals surface area contributed by atoms with Crippen molar-refractivity contribution in [2.45, 2.75) is 297 Å². The van der Waals surface area contributed by atoms with Crippen LogP contribution in [0.2, 0.25) is 0 Å². The van der Waals surface area contributed by atoms with Crippen molar-refractivity contribution in [3.05, 3.63) is 48.6 Å². The number of hydrogen-bond donors (Lipinski definition) is 0. The first kappa shape index (κ1) is 61.9. The fourth-order valence-electron chi connectivity index (χ4n) is 8.22. The number of allylic oxidation sites excluding steroid dienone is 8. The zero-order chi connectivity index (χ0) is 46.3. The first-order valence-corrected chi connectivity index (χ1v) is 28.2. The van der Waals surface area contributed by atoms with Gasteiger partial charge in [0.15, 0.2) is 6.10 Å². The van der Waals surface area contributed by atoms with Crippen molar-refractivity contribution >= 4 is 11.9 Å². The summed E-state index contributed by atoms with van der Waals surface area (Å²) in [6.45, 7) is 7.64. The maximum atomic E-state index is 12.8. The van der Waals surface area contributed by atoms with Crippen LogP contribution in [-0.4, -0.2) is 37.9 Å². The minimum atomic E-state index is -0.560. The summed E-state index contributed by atoms with van der Waals surface area (Å²) in [7, 11) is 0. The van der Waals surface area contributed by atoms with Crippen LogP contribution < -0.4 is 0 Å². The number of rotatable bonds is 52. The van der Waals surface area contributed by atoms with E-state index in [1.807, 2.05) is 0 Å². The van der Waals surface area contributed by atoms with Gasteiger partial charge in [-0.05, 0) is 51.4 Å². The summed E-state index contributed by atoms with van der Waals surface area (Å²) in [5.41, 5.74) is 0. The number of carbonyl (C=O) groups excluding carboxylic acids is 2. The SMILES string of the molecule is CC/C=C\C/C=C\C/C=C\C/C=C\CCCOCC(COC(=O)CCCCCCCCCCCCCCCCCCC)OC(=O)CCCCCCCCCCCCCCCCCCC. The highest BCUT2D eigenvalue weighted by atomic mass is 16.6. The molecule has 0 spiro atoms. The van der Waals surface area contributed by atoms with Gasteiger partial charge in [0.25, 0.3) is 0 Å². The van der Waals surface area contributed by atoms with Crippen LogP contribution in [0.25, 0.3) is 0 Å². The third kappa shape index (κ3) is 52.5. The Labute approximate surface area is 399 Å². The molecule has 0 radical (unpaired) electrons. The van der Waals surface area contributed by atoms with Crippen LogP contribution >= 0.6 is 0 Å². The third-order valence-corrected chi connectivity index (χ3v) is 12.4. The van der Waals surface area contributed by atoms with Gasteiger partial charge in [-0.15, -0.1) is 0 Å². The molecule has 0 aliphatic carbocycles. The van der Waals surface area contributed by atoms with Crippen molar-refractivity contribution in [2.24, 2.45) is 0 Å². The van der Waals surface area contributed by atoms with E-state index in [0.29, 0.717) is 19.4 Å². The van der Waals surface area contributed by atoms with E-state index in [0.717, 1.165) is 64.2 Å². The maximum absolute atomic E-state index is 12.8. The van der Waals surface area contributed by atoms with Crippen molar-refractivity contribution in [2.75, 3.05) is 19.8 Å². The van der Waals surface area contributed by atoms with E-state index in [-0.39, 0.29) is 25.2 Å². The second kappa shape index (κ2) is 55.2. The van der Waals surface area contributed by atoms with Crippen LogP contribution in [0.15, 0.2) is 48.6 Å². The highest BCUT2D eigenvalue weighted by molar-refractivity contribution is 5.70. The van der Waals surface area contributed by atoms with Crippen molar-refractivity contribution in [3.8, 4) is 0 Å². The molecule has 0 N–H and O–H groups in total. The lowest BCUT2D eigenvalue weighted by Crippen LogP contribution is -2.30. The van der Waals surface area contributed by atoms with Crippen LogP contribution in [0.1, 0.15) is 290 Å². The van der Waals surface area contributed by atoms with Crippen LogP contribution in [0.3, 0.4) is 0 Å². The Bertz CT molecular complexity index is 1060. The molecule has 0 fully saturated rings. The van der Waals surface area contributed by atoms with Gasteiger partial charge in [0.2, 0.25) is 0 Å². The average molecular weight is 898 g/mol. The van der Waals surface area contributed by atoms with Gasteiger partial charge in [0, 0.05) is 19.4 Å². The first-order valence-electron chi connectivity index (χ1n) is 28.2. The van der Waals surface area contributed by atoms with E-state index in [4.69, 9.17) is 14.2 Å². The number of carbonyl (C=O) groups is 2. The van der Waals surface area contributed by atoms with Gasteiger partial charge in [0.1, 0.15) is 6.61 Å². The molecule has 1 atom stereocenters. The molecule has 0 rings (SSSR count). The Morgan fingerprint density at radius 3 is 1.06 bits per heavy atom. The monoisotopic (exact) mass is 897 g/mol. The molecule has 0 aliphatic heterocycles. The third-order valence-electron chi connectivity index (χ3n) is 12.4. The molecule has 1 unspecified atom stereocenters. The first-order chi connectivity index (χ1) is 31.6. The summed E-state index contributed by atoms with van der Waals surface area (Å²) in [6, 6.07) is 0. The second-order valence-corrected chi connectivity index (χ2v) is 18.8.